The summed E-state index contributed by atoms with van der Waals surface area (Å²) in [7, 11) is 1.85. The topological polar surface area (TPSA) is 94.0 Å². The lowest BCUT2D eigenvalue weighted by Gasteiger charge is -2.31. The zero-order chi connectivity index (χ0) is 14.9. The van der Waals surface area contributed by atoms with Gasteiger partial charge >= 0.3 is 5.97 Å². The molecule has 0 bridgehead atoms. The number of hydrogen-bond acceptors (Lipinski definition) is 5. The van der Waals surface area contributed by atoms with Crippen molar-refractivity contribution >= 4 is 5.97 Å². The van der Waals surface area contributed by atoms with Gasteiger partial charge in [-0.05, 0) is 12.8 Å². The third-order valence-corrected chi connectivity index (χ3v) is 4.27. The van der Waals surface area contributed by atoms with Crippen LogP contribution < -0.4 is 0 Å². The molecule has 7 nitrogen and oxygen atoms in total. The van der Waals surface area contributed by atoms with Crippen LogP contribution in [-0.2, 0) is 18.3 Å². The molecule has 112 valence electrons. The van der Waals surface area contributed by atoms with Crippen molar-refractivity contribution in [3.05, 3.63) is 18.4 Å². The number of carboxylic acid groups (broad SMARTS) is 1. The Morgan fingerprint density at radius 2 is 2.19 bits per heavy atom. The van der Waals surface area contributed by atoms with Crippen LogP contribution in [0.4, 0.5) is 0 Å². The summed E-state index contributed by atoms with van der Waals surface area (Å²) in [6.07, 6.45) is 7.93. The lowest BCUT2D eigenvalue weighted by molar-refractivity contribution is -0.151. The number of carbonyl (C=O) groups is 1. The van der Waals surface area contributed by atoms with E-state index in [0.29, 0.717) is 31.0 Å². The highest BCUT2D eigenvalue weighted by molar-refractivity contribution is 5.75. The number of rotatable bonds is 4. The minimum atomic E-state index is -0.762. The summed E-state index contributed by atoms with van der Waals surface area (Å²) in [5.41, 5.74) is -0.00728. The summed E-state index contributed by atoms with van der Waals surface area (Å²) in [5.74, 6) is 0.0688. The van der Waals surface area contributed by atoms with Crippen LogP contribution in [0.2, 0.25) is 0 Å². The summed E-state index contributed by atoms with van der Waals surface area (Å²) >= 11 is 0. The number of aliphatic carboxylic acids is 1. The third kappa shape index (κ3) is 2.55. The van der Waals surface area contributed by atoms with Gasteiger partial charge in [0.2, 0.25) is 11.7 Å². The molecule has 0 saturated heterocycles. The number of hydrogen-bond donors (Lipinski definition) is 1. The molecular formula is C14H18N4O3. The highest BCUT2D eigenvalue weighted by Crippen LogP contribution is 2.39. The number of imidazole rings is 1. The van der Waals surface area contributed by atoms with Gasteiger partial charge in [0.1, 0.15) is 5.69 Å². The van der Waals surface area contributed by atoms with Crippen LogP contribution in [0.5, 0.6) is 0 Å². The molecule has 2 aromatic heterocycles. The number of carboxylic acids is 1. The standard InChI is InChI=1S/C14H18N4O3/c1-18-9-15-8-10(18)12-16-11(21-17-12)7-14(13(19)20)5-3-2-4-6-14/h8-9H,2-7H2,1H3,(H,19,20). The van der Waals surface area contributed by atoms with E-state index in [1.807, 2.05) is 7.05 Å². The van der Waals surface area contributed by atoms with E-state index in [-0.39, 0.29) is 0 Å². The fourth-order valence-electron chi connectivity index (χ4n) is 2.99. The molecular weight excluding hydrogens is 272 g/mol. The van der Waals surface area contributed by atoms with Crippen molar-refractivity contribution in [1.82, 2.24) is 19.7 Å². The second-order valence-electron chi connectivity index (χ2n) is 5.72. The maximum atomic E-state index is 11.7. The van der Waals surface area contributed by atoms with Gasteiger partial charge in [0, 0.05) is 13.5 Å². The van der Waals surface area contributed by atoms with Gasteiger partial charge in [0.15, 0.2) is 0 Å². The van der Waals surface area contributed by atoms with Crippen molar-refractivity contribution in [3.8, 4) is 11.5 Å². The van der Waals surface area contributed by atoms with E-state index in [1.165, 1.54) is 0 Å². The van der Waals surface area contributed by atoms with Crippen LogP contribution in [0.15, 0.2) is 17.0 Å². The molecule has 2 aromatic rings. The molecule has 2 heterocycles. The Kier molecular flexibility index (Phi) is 3.48. The number of aryl methyl sites for hydroxylation is 1. The van der Waals surface area contributed by atoms with Crippen molar-refractivity contribution in [2.75, 3.05) is 0 Å². The summed E-state index contributed by atoms with van der Waals surface area (Å²) in [5, 5.41) is 13.5. The molecule has 1 saturated carbocycles. The third-order valence-electron chi connectivity index (χ3n) is 4.27. The first-order chi connectivity index (χ1) is 10.1. The minimum absolute atomic E-state index is 0.299. The molecule has 3 rings (SSSR count). The van der Waals surface area contributed by atoms with Crippen LogP contribution in [0.1, 0.15) is 38.0 Å². The van der Waals surface area contributed by atoms with Crippen molar-refractivity contribution in [2.24, 2.45) is 12.5 Å². The van der Waals surface area contributed by atoms with Crippen LogP contribution in [0.3, 0.4) is 0 Å². The predicted molar refractivity (Wildman–Crippen MR) is 73.4 cm³/mol. The summed E-state index contributed by atoms with van der Waals surface area (Å²) in [4.78, 5) is 20.0. The summed E-state index contributed by atoms with van der Waals surface area (Å²) in [6.45, 7) is 0. The molecule has 1 aliphatic rings. The van der Waals surface area contributed by atoms with E-state index in [4.69, 9.17) is 4.52 Å². The largest absolute Gasteiger partial charge is 0.481 e. The van der Waals surface area contributed by atoms with Crippen LogP contribution >= 0.6 is 0 Å². The molecule has 7 heteroatoms. The van der Waals surface area contributed by atoms with Gasteiger partial charge in [-0.15, -0.1) is 0 Å². The van der Waals surface area contributed by atoms with E-state index in [9.17, 15) is 9.90 Å². The van der Waals surface area contributed by atoms with Crippen LogP contribution in [0, 0.1) is 5.41 Å². The Hall–Kier alpha value is -2.18. The maximum absolute atomic E-state index is 11.7. The molecule has 0 radical (unpaired) electrons. The maximum Gasteiger partial charge on any atom is 0.310 e. The Balaban J connectivity index is 1.83. The molecule has 21 heavy (non-hydrogen) atoms. The summed E-state index contributed by atoms with van der Waals surface area (Å²) < 4.78 is 7.05. The molecule has 0 spiro atoms. The average Bonchev–Trinajstić information content (AvgIpc) is 3.08. The second kappa shape index (κ2) is 5.31. The first kappa shape index (κ1) is 13.8. The van der Waals surface area contributed by atoms with Crippen molar-refractivity contribution in [2.45, 2.75) is 38.5 Å². The summed E-state index contributed by atoms with van der Waals surface area (Å²) in [6, 6.07) is 0. The fraction of sp³-hybridized carbons (Fsp3) is 0.571. The molecule has 0 aliphatic heterocycles. The highest BCUT2D eigenvalue weighted by Gasteiger charge is 2.41. The van der Waals surface area contributed by atoms with Gasteiger partial charge in [-0.2, -0.15) is 4.98 Å². The zero-order valence-corrected chi connectivity index (χ0v) is 11.9. The zero-order valence-electron chi connectivity index (χ0n) is 11.9. The highest BCUT2D eigenvalue weighted by atomic mass is 16.5. The second-order valence-corrected chi connectivity index (χ2v) is 5.72. The molecule has 0 atom stereocenters. The molecule has 0 unspecified atom stereocenters. The molecule has 0 amide bonds. The lowest BCUT2D eigenvalue weighted by Crippen LogP contribution is -2.35. The molecule has 1 aliphatic carbocycles. The molecule has 1 fully saturated rings. The Morgan fingerprint density at radius 3 is 2.81 bits per heavy atom. The van der Waals surface area contributed by atoms with E-state index in [2.05, 4.69) is 15.1 Å². The lowest BCUT2D eigenvalue weighted by atomic mass is 9.72. The van der Waals surface area contributed by atoms with E-state index in [0.717, 1.165) is 25.0 Å². The van der Waals surface area contributed by atoms with E-state index < -0.39 is 11.4 Å². The van der Waals surface area contributed by atoms with Crippen molar-refractivity contribution in [3.63, 3.8) is 0 Å². The van der Waals surface area contributed by atoms with E-state index >= 15 is 0 Å². The van der Waals surface area contributed by atoms with Gasteiger partial charge in [-0.1, -0.05) is 24.4 Å². The Bertz CT molecular complexity index is 640. The number of aromatic nitrogens is 4. The average molecular weight is 290 g/mol. The smallest absolute Gasteiger partial charge is 0.310 e. The van der Waals surface area contributed by atoms with Gasteiger partial charge in [0.25, 0.3) is 0 Å². The first-order valence-corrected chi connectivity index (χ1v) is 7.13. The van der Waals surface area contributed by atoms with Gasteiger partial charge < -0.3 is 14.2 Å². The monoisotopic (exact) mass is 290 g/mol. The Labute approximate surface area is 122 Å². The van der Waals surface area contributed by atoms with Crippen molar-refractivity contribution in [1.29, 1.82) is 0 Å². The van der Waals surface area contributed by atoms with Gasteiger partial charge in [-0.3, -0.25) is 4.79 Å². The molecule has 1 N–H and O–H groups in total. The van der Waals surface area contributed by atoms with E-state index in [1.54, 1.807) is 17.1 Å². The number of nitrogens with zero attached hydrogens (tertiary/aromatic N) is 4. The minimum Gasteiger partial charge on any atom is -0.481 e. The first-order valence-electron chi connectivity index (χ1n) is 7.13. The SMILES string of the molecule is Cn1cncc1-c1noc(CC2(C(=O)O)CCCCC2)n1. The fourth-order valence-corrected chi connectivity index (χ4v) is 2.99. The van der Waals surface area contributed by atoms with Crippen LogP contribution in [0.25, 0.3) is 11.5 Å². The normalized spacial score (nSPS) is 17.8. The predicted octanol–water partition coefficient (Wildman–Crippen LogP) is 2.05. The van der Waals surface area contributed by atoms with Crippen molar-refractivity contribution < 1.29 is 14.4 Å². The molecule has 0 aromatic carbocycles. The van der Waals surface area contributed by atoms with Gasteiger partial charge in [0.05, 0.1) is 17.9 Å². The van der Waals surface area contributed by atoms with Gasteiger partial charge in [-0.25, -0.2) is 4.98 Å². The Morgan fingerprint density at radius 1 is 1.43 bits per heavy atom. The quantitative estimate of drug-likeness (QED) is 0.926. The van der Waals surface area contributed by atoms with Crippen LogP contribution in [-0.4, -0.2) is 30.8 Å².